The van der Waals surface area contributed by atoms with Crippen molar-refractivity contribution in [3.8, 4) is 0 Å². The van der Waals surface area contributed by atoms with Crippen LogP contribution in [0, 0.1) is 0 Å². The number of H-pyrrole nitrogens is 1. The molecule has 8 heteroatoms. The summed E-state index contributed by atoms with van der Waals surface area (Å²) in [7, 11) is -3.50. The Hall–Kier alpha value is -2.09. The number of nitrogens with one attached hydrogen (secondary N) is 2. The lowest BCUT2D eigenvalue weighted by Crippen LogP contribution is -2.25. The molecule has 0 bridgehead atoms. The highest BCUT2D eigenvalue weighted by atomic mass is 35.5. The first-order chi connectivity index (χ1) is 11.0. The molecule has 0 aliphatic rings. The van der Waals surface area contributed by atoms with Crippen molar-refractivity contribution >= 4 is 39.2 Å². The van der Waals surface area contributed by atoms with Crippen molar-refractivity contribution in [3.05, 3.63) is 54.4 Å². The quantitative estimate of drug-likeness (QED) is 0.583. The van der Waals surface area contributed by atoms with E-state index >= 15 is 0 Å². The van der Waals surface area contributed by atoms with Crippen LogP contribution in [-0.4, -0.2) is 24.9 Å². The van der Waals surface area contributed by atoms with E-state index in [4.69, 9.17) is 5.73 Å². The summed E-state index contributed by atoms with van der Waals surface area (Å²) in [6, 6.07) is 12.8. The first kappa shape index (κ1) is 18.3. The van der Waals surface area contributed by atoms with Gasteiger partial charge in [-0.15, -0.1) is 12.4 Å². The van der Waals surface area contributed by atoms with Gasteiger partial charge in [-0.1, -0.05) is 30.3 Å². The summed E-state index contributed by atoms with van der Waals surface area (Å²) in [5, 5.41) is 1.92. The normalized spacial score (nSPS) is 11.3. The Morgan fingerprint density at radius 2 is 1.88 bits per heavy atom. The molecule has 0 saturated heterocycles. The van der Waals surface area contributed by atoms with Crippen LogP contribution in [0.5, 0.6) is 0 Å². The average Bonchev–Trinajstić information content (AvgIpc) is 2.96. The highest BCUT2D eigenvalue weighted by Gasteiger charge is 2.13. The van der Waals surface area contributed by atoms with Gasteiger partial charge in [-0.05, 0) is 35.7 Å². The SMILES string of the molecule is Cl.Nc1ncc(CCCNS(=O)(=O)c2ccc3ccccc3c2)[nH]1. The second-order valence-corrected chi connectivity index (χ2v) is 7.07. The number of aromatic nitrogens is 2. The molecule has 0 saturated carbocycles. The van der Waals surface area contributed by atoms with Gasteiger partial charge in [0.1, 0.15) is 0 Å². The second kappa shape index (κ2) is 7.65. The van der Waals surface area contributed by atoms with Gasteiger partial charge in [-0.3, -0.25) is 0 Å². The molecule has 0 atom stereocenters. The van der Waals surface area contributed by atoms with Crippen molar-refractivity contribution in [1.29, 1.82) is 0 Å². The number of hydrogen-bond donors (Lipinski definition) is 3. The Morgan fingerprint density at radius 1 is 1.12 bits per heavy atom. The Kier molecular flexibility index (Phi) is 5.82. The number of sulfonamides is 1. The van der Waals surface area contributed by atoms with E-state index in [1.165, 1.54) is 0 Å². The van der Waals surface area contributed by atoms with E-state index in [0.29, 0.717) is 25.3 Å². The predicted octanol–water partition coefficient (Wildman–Crippen LogP) is 2.48. The Morgan fingerprint density at radius 3 is 2.58 bits per heavy atom. The van der Waals surface area contributed by atoms with Gasteiger partial charge >= 0.3 is 0 Å². The Bertz CT molecular complexity index is 924. The maximum Gasteiger partial charge on any atom is 0.240 e. The summed E-state index contributed by atoms with van der Waals surface area (Å²) >= 11 is 0. The van der Waals surface area contributed by atoms with E-state index in [-0.39, 0.29) is 17.3 Å². The number of nitrogens with two attached hydrogens (primary N) is 1. The number of aromatic amines is 1. The van der Waals surface area contributed by atoms with E-state index in [1.54, 1.807) is 18.3 Å². The Labute approximate surface area is 146 Å². The van der Waals surface area contributed by atoms with Gasteiger partial charge < -0.3 is 10.7 Å². The molecule has 0 fully saturated rings. The molecule has 1 aromatic heterocycles. The fraction of sp³-hybridized carbons (Fsp3) is 0.188. The summed E-state index contributed by atoms with van der Waals surface area (Å²) in [6.07, 6.45) is 3.01. The summed E-state index contributed by atoms with van der Waals surface area (Å²) in [5.74, 6) is 0.372. The van der Waals surface area contributed by atoms with Gasteiger partial charge in [0.2, 0.25) is 10.0 Å². The second-order valence-electron chi connectivity index (χ2n) is 5.30. The van der Waals surface area contributed by atoms with Crippen LogP contribution >= 0.6 is 12.4 Å². The van der Waals surface area contributed by atoms with E-state index < -0.39 is 10.0 Å². The van der Waals surface area contributed by atoms with Gasteiger partial charge in [0.15, 0.2) is 5.95 Å². The summed E-state index contributed by atoms with van der Waals surface area (Å²) in [4.78, 5) is 7.10. The van der Waals surface area contributed by atoms with Crippen molar-refractivity contribution in [3.63, 3.8) is 0 Å². The van der Waals surface area contributed by atoms with Crippen molar-refractivity contribution in [2.75, 3.05) is 12.3 Å². The first-order valence-electron chi connectivity index (χ1n) is 7.32. The minimum Gasteiger partial charge on any atom is -0.369 e. The zero-order valence-corrected chi connectivity index (χ0v) is 14.5. The third kappa shape index (κ3) is 4.25. The lowest BCUT2D eigenvalue weighted by molar-refractivity contribution is 0.579. The number of nitrogen functional groups attached to an aromatic ring is 1. The summed E-state index contributed by atoms with van der Waals surface area (Å²) < 4.78 is 27.3. The monoisotopic (exact) mass is 366 g/mol. The maximum atomic E-state index is 12.3. The van der Waals surface area contributed by atoms with Gasteiger partial charge in [0, 0.05) is 12.2 Å². The number of nitrogens with zero attached hydrogens (tertiary/aromatic N) is 1. The van der Waals surface area contributed by atoms with Crippen LogP contribution in [0.3, 0.4) is 0 Å². The lowest BCUT2D eigenvalue weighted by atomic mass is 10.1. The average molecular weight is 367 g/mol. The molecule has 0 unspecified atom stereocenters. The van der Waals surface area contributed by atoms with Crippen LogP contribution in [0.4, 0.5) is 5.95 Å². The third-order valence-electron chi connectivity index (χ3n) is 3.59. The summed E-state index contributed by atoms with van der Waals surface area (Å²) in [6.45, 7) is 0.355. The van der Waals surface area contributed by atoms with Gasteiger partial charge in [-0.25, -0.2) is 18.1 Å². The molecule has 0 aliphatic heterocycles. The molecule has 0 spiro atoms. The number of halogens is 1. The van der Waals surface area contributed by atoms with Crippen molar-refractivity contribution < 1.29 is 8.42 Å². The maximum absolute atomic E-state index is 12.3. The molecule has 6 nitrogen and oxygen atoms in total. The van der Waals surface area contributed by atoms with Crippen molar-refractivity contribution in [2.45, 2.75) is 17.7 Å². The number of fused-ring (bicyclic) bond motifs is 1. The van der Waals surface area contributed by atoms with Crippen LogP contribution in [-0.2, 0) is 16.4 Å². The smallest absolute Gasteiger partial charge is 0.240 e. The standard InChI is InChI=1S/C16H18N4O2S.ClH/c17-16-18-11-14(20-16)6-3-9-19-23(21,22)15-8-7-12-4-1-2-5-13(12)10-15;/h1-2,4-5,7-8,10-11,19H,3,6,9H2,(H3,17,18,20);1H. The molecular formula is C16H19ClN4O2S. The number of aryl methyl sites for hydroxylation is 1. The third-order valence-corrected chi connectivity index (χ3v) is 5.05. The lowest BCUT2D eigenvalue weighted by Gasteiger charge is -2.07. The first-order valence-corrected chi connectivity index (χ1v) is 8.81. The highest BCUT2D eigenvalue weighted by Crippen LogP contribution is 2.18. The van der Waals surface area contributed by atoms with E-state index in [1.807, 2.05) is 30.3 Å². The molecule has 0 radical (unpaired) electrons. The molecule has 2 aromatic carbocycles. The molecule has 3 rings (SSSR count). The zero-order valence-electron chi connectivity index (χ0n) is 12.9. The molecule has 1 heterocycles. The zero-order chi connectivity index (χ0) is 16.3. The van der Waals surface area contributed by atoms with E-state index in [0.717, 1.165) is 16.5 Å². The molecule has 128 valence electrons. The minimum atomic E-state index is -3.50. The number of imidazole rings is 1. The molecule has 24 heavy (non-hydrogen) atoms. The van der Waals surface area contributed by atoms with E-state index in [9.17, 15) is 8.42 Å². The molecular weight excluding hydrogens is 348 g/mol. The van der Waals surface area contributed by atoms with Gasteiger partial charge in [0.25, 0.3) is 0 Å². The number of benzene rings is 2. The number of rotatable bonds is 6. The van der Waals surface area contributed by atoms with Crippen LogP contribution in [0.2, 0.25) is 0 Å². The predicted molar refractivity (Wildman–Crippen MR) is 97.7 cm³/mol. The van der Waals surface area contributed by atoms with Crippen LogP contribution in [0.25, 0.3) is 10.8 Å². The van der Waals surface area contributed by atoms with Gasteiger partial charge in [-0.2, -0.15) is 0 Å². The largest absolute Gasteiger partial charge is 0.369 e. The van der Waals surface area contributed by atoms with Crippen molar-refractivity contribution in [1.82, 2.24) is 14.7 Å². The van der Waals surface area contributed by atoms with Crippen LogP contribution in [0.1, 0.15) is 12.1 Å². The molecule has 3 aromatic rings. The fourth-order valence-electron chi connectivity index (χ4n) is 2.41. The van der Waals surface area contributed by atoms with E-state index in [2.05, 4.69) is 14.7 Å². The summed E-state index contributed by atoms with van der Waals surface area (Å²) in [5.41, 5.74) is 6.39. The van der Waals surface area contributed by atoms with Crippen LogP contribution in [0.15, 0.2) is 53.6 Å². The molecule has 0 amide bonds. The topological polar surface area (TPSA) is 101 Å². The van der Waals surface area contributed by atoms with Crippen LogP contribution < -0.4 is 10.5 Å². The molecule has 4 N–H and O–H groups in total. The fourth-order valence-corrected chi connectivity index (χ4v) is 3.52. The minimum absolute atomic E-state index is 0. The highest BCUT2D eigenvalue weighted by molar-refractivity contribution is 7.89. The van der Waals surface area contributed by atoms with Crippen molar-refractivity contribution in [2.24, 2.45) is 0 Å². The Balaban J connectivity index is 0.00000208. The number of anilines is 1. The van der Waals surface area contributed by atoms with Gasteiger partial charge in [0.05, 0.1) is 11.1 Å². The molecule has 0 aliphatic carbocycles. The number of hydrogen-bond acceptors (Lipinski definition) is 4.